The molecule has 0 spiro atoms. The van der Waals surface area contributed by atoms with Crippen molar-refractivity contribution in [3.63, 3.8) is 0 Å². The van der Waals surface area contributed by atoms with E-state index in [9.17, 15) is 9.59 Å². The summed E-state index contributed by atoms with van der Waals surface area (Å²) in [5.74, 6) is -0.994. The molecule has 0 unspecified atom stereocenters. The summed E-state index contributed by atoms with van der Waals surface area (Å²) in [6, 6.07) is 9.72. The van der Waals surface area contributed by atoms with Crippen molar-refractivity contribution in [3.05, 3.63) is 35.9 Å². The van der Waals surface area contributed by atoms with E-state index < -0.39 is 5.97 Å². The van der Waals surface area contributed by atoms with Gasteiger partial charge in [-0.3, -0.25) is 4.79 Å². The Bertz CT molecular complexity index is 499. The van der Waals surface area contributed by atoms with Crippen molar-refractivity contribution < 1.29 is 19.4 Å². The van der Waals surface area contributed by atoms with Crippen LogP contribution in [0.1, 0.15) is 31.2 Å². The zero-order chi connectivity index (χ0) is 16.5. The number of carbonyl (C=O) groups excluding carboxylic acids is 1. The van der Waals surface area contributed by atoms with Crippen molar-refractivity contribution in [2.75, 3.05) is 13.2 Å². The summed E-state index contributed by atoms with van der Waals surface area (Å²) in [5.41, 5.74) is 1.10. The number of carboxylic acids is 1. The highest BCUT2D eigenvalue weighted by Crippen LogP contribution is 2.24. The zero-order valence-corrected chi connectivity index (χ0v) is 13.2. The van der Waals surface area contributed by atoms with Crippen LogP contribution in [0.15, 0.2) is 30.3 Å². The van der Waals surface area contributed by atoms with Crippen molar-refractivity contribution in [2.45, 2.75) is 38.3 Å². The molecule has 2 amide bonds. The number of amides is 2. The van der Waals surface area contributed by atoms with Gasteiger partial charge in [-0.05, 0) is 31.2 Å². The monoisotopic (exact) mass is 320 g/mol. The molecule has 1 fully saturated rings. The lowest BCUT2D eigenvalue weighted by atomic mass is 9.86. The molecule has 0 bridgehead atoms. The van der Waals surface area contributed by atoms with Crippen molar-refractivity contribution in [3.8, 4) is 0 Å². The molecule has 23 heavy (non-hydrogen) atoms. The van der Waals surface area contributed by atoms with Crippen LogP contribution in [0, 0.1) is 5.92 Å². The summed E-state index contributed by atoms with van der Waals surface area (Å²) in [4.78, 5) is 22.6. The van der Waals surface area contributed by atoms with Gasteiger partial charge in [0.2, 0.25) is 0 Å². The first-order valence-electron chi connectivity index (χ1n) is 8.04. The van der Waals surface area contributed by atoms with E-state index in [0.29, 0.717) is 32.6 Å². The van der Waals surface area contributed by atoms with Crippen LogP contribution in [-0.4, -0.2) is 36.3 Å². The molecule has 2 rings (SSSR count). The Hall–Kier alpha value is -2.08. The minimum atomic E-state index is -0.733. The first-order chi connectivity index (χ1) is 11.1. The van der Waals surface area contributed by atoms with Gasteiger partial charge in [-0.1, -0.05) is 30.3 Å². The van der Waals surface area contributed by atoms with Gasteiger partial charge in [0.25, 0.3) is 0 Å². The number of hydrogen-bond acceptors (Lipinski definition) is 3. The lowest BCUT2D eigenvalue weighted by Crippen LogP contribution is -2.44. The Morgan fingerprint density at radius 1 is 1.13 bits per heavy atom. The van der Waals surface area contributed by atoms with Crippen molar-refractivity contribution in [1.82, 2.24) is 10.6 Å². The third-order valence-corrected chi connectivity index (χ3v) is 4.06. The highest BCUT2D eigenvalue weighted by atomic mass is 16.5. The van der Waals surface area contributed by atoms with Crippen LogP contribution in [0.3, 0.4) is 0 Å². The van der Waals surface area contributed by atoms with Crippen molar-refractivity contribution in [2.24, 2.45) is 5.92 Å². The molecule has 6 heteroatoms. The number of aliphatic carboxylic acids is 1. The number of carboxylic acid groups (broad SMARTS) is 1. The van der Waals surface area contributed by atoms with Crippen LogP contribution in [0.4, 0.5) is 4.79 Å². The molecule has 0 saturated heterocycles. The molecule has 1 saturated carbocycles. The van der Waals surface area contributed by atoms with Gasteiger partial charge in [0, 0.05) is 12.6 Å². The van der Waals surface area contributed by atoms with E-state index in [1.807, 2.05) is 30.3 Å². The molecular formula is C17H24N2O4. The van der Waals surface area contributed by atoms with Crippen molar-refractivity contribution >= 4 is 12.0 Å². The van der Waals surface area contributed by atoms with Gasteiger partial charge >= 0.3 is 12.0 Å². The minimum absolute atomic E-state index is 0.0656. The van der Waals surface area contributed by atoms with E-state index >= 15 is 0 Å². The van der Waals surface area contributed by atoms with Gasteiger partial charge < -0.3 is 20.5 Å². The molecule has 1 aromatic rings. The Kier molecular flexibility index (Phi) is 6.87. The van der Waals surface area contributed by atoms with Crippen LogP contribution in [-0.2, 0) is 16.1 Å². The molecule has 0 radical (unpaired) electrons. The van der Waals surface area contributed by atoms with Crippen LogP contribution in [0.5, 0.6) is 0 Å². The molecule has 3 N–H and O–H groups in total. The highest BCUT2D eigenvalue weighted by molar-refractivity contribution is 5.74. The quantitative estimate of drug-likeness (QED) is 0.672. The lowest BCUT2D eigenvalue weighted by Gasteiger charge is -2.26. The third kappa shape index (κ3) is 6.28. The molecule has 0 aromatic heterocycles. The Morgan fingerprint density at radius 2 is 1.83 bits per heavy atom. The van der Waals surface area contributed by atoms with Crippen LogP contribution >= 0.6 is 0 Å². The van der Waals surface area contributed by atoms with E-state index in [-0.39, 0.29) is 18.0 Å². The summed E-state index contributed by atoms with van der Waals surface area (Å²) >= 11 is 0. The average Bonchev–Trinajstić information content (AvgIpc) is 2.56. The molecule has 0 aliphatic heterocycles. The number of carbonyl (C=O) groups is 2. The topological polar surface area (TPSA) is 87.7 Å². The number of rotatable bonds is 7. The fourth-order valence-corrected chi connectivity index (χ4v) is 2.72. The summed E-state index contributed by atoms with van der Waals surface area (Å²) in [6.45, 7) is 1.43. The summed E-state index contributed by atoms with van der Waals surface area (Å²) in [7, 11) is 0. The van der Waals surface area contributed by atoms with Crippen molar-refractivity contribution in [1.29, 1.82) is 0 Å². The standard InChI is InChI=1S/C17H24N2O4/c20-16(21)14-6-8-15(9-7-14)19-17(22)18-10-11-23-12-13-4-2-1-3-5-13/h1-5,14-15H,6-12H2,(H,20,21)(H2,18,19,22). The maximum Gasteiger partial charge on any atom is 0.315 e. The second-order valence-corrected chi connectivity index (χ2v) is 5.83. The van der Waals surface area contributed by atoms with Crippen LogP contribution in [0.2, 0.25) is 0 Å². The molecular weight excluding hydrogens is 296 g/mol. The predicted molar refractivity (Wildman–Crippen MR) is 86.0 cm³/mol. The lowest BCUT2D eigenvalue weighted by molar-refractivity contribution is -0.142. The SMILES string of the molecule is O=C(NCCOCc1ccccc1)NC1CCC(C(=O)O)CC1. The highest BCUT2D eigenvalue weighted by Gasteiger charge is 2.26. The molecule has 1 aromatic carbocycles. The van der Waals surface area contributed by atoms with E-state index in [1.54, 1.807) is 0 Å². The average molecular weight is 320 g/mol. The smallest absolute Gasteiger partial charge is 0.315 e. The van der Waals surface area contributed by atoms with Gasteiger partial charge in [0.05, 0.1) is 19.1 Å². The van der Waals surface area contributed by atoms with Crippen LogP contribution < -0.4 is 10.6 Å². The second kappa shape index (κ2) is 9.15. The minimum Gasteiger partial charge on any atom is -0.481 e. The second-order valence-electron chi connectivity index (χ2n) is 5.83. The Morgan fingerprint density at radius 3 is 2.48 bits per heavy atom. The summed E-state index contributed by atoms with van der Waals surface area (Å²) < 4.78 is 5.49. The maximum atomic E-state index is 11.8. The first-order valence-corrected chi connectivity index (χ1v) is 8.04. The van der Waals surface area contributed by atoms with E-state index in [0.717, 1.165) is 18.4 Å². The fraction of sp³-hybridized carbons (Fsp3) is 0.529. The number of ether oxygens (including phenoxy) is 1. The molecule has 0 heterocycles. The van der Waals surface area contributed by atoms with Crippen LogP contribution in [0.25, 0.3) is 0 Å². The Labute approximate surface area is 136 Å². The van der Waals surface area contributed by atoms with E-state index in [1.165, 1.54) is 0 Å². The van der Waals surface area contributed by atoms with E-state index in [4.69, 9.17) is 9.84 Å². The van der Waals surface area contributed by atoms with Gasteiger partial charge in [0.15, 0.2) is 0 Å². The first kappa shape index (κ1) is 17.3. The number of nitrogens with one attached hydrogen (secondary N) is 2. The number of benzene rings is 1. The fourth-order valence-electron chi connectivity index (χ4n) is 2.72. The third-order valence-electron chi connectivity index (χ3n) is 4.06. The van der Waals surface area contributed by atoms with Gasteiger partial charge in [-0.2, -0.15) is 0 Å². The van der Waals surface area contributed by atoms with E-state index in [2.05, 4.69) is 10.6 Å². The molecule has 6 nitrogen and oxygen atoms in total. The molecule has 1 aliphatic rings. The zero-order valence-electron chi connectivity index (χ0n) is 13.2. The Balaban J connectivity index is 1.53. The van der Waals surface area contributed by atoms with Gasteiger partial charge in [-0.25, -0.2) is 4.79 Å². The summed E-state index contributed by atoms with van der Waals surface area (Å²) in [6.07, 6.45) is 2.69. The number of hydrogen-bond donors (Lipinski definition) is 3. The van der Waals surface area contributed by atoms with Gasteiger partial charge in [-0.15, -0.1) is 0 Å². The molecule has 126 valence electrons. The number of urea groups is 1. The maximum absolute atomic E-state index is 11.8. The predicted octanol–water partition coefficient (Wildman–Crippen LogP) is 2.15. The summed E-state index contributed by atoms with van der Waals surface area (Å²) in [5, 5.41) is 14.6. The molecule has 1 aliphatic carbocycles. The molecule has 0 atom stereocenters. The normalized spacial score (nSPS) is 20.7. The van der Waals surface area contributed by atoms with Gasteiger partial charge in [0.1, 0.15) is 0 Å². The largest absolute Gasteiger partial charge is 0.481 e.